The molecular weight excluding hydrogens is 418 g/mol. The van der Waals surface area contributed by atoms with Crippen LogP contribution in [0.4, 0.5) is 5.69 Å². The molecule has 0 bridgehead atoms. The maximum Gasteiger partial charge on any atom is 0.328 e. The van der Waals surface area contributed by atoms with Gasteiger partial charge in [0.05, 0.1) is 21.6 Å². The molecule has 28 heavy (non-hydrogen) atoms. The monoisotopic (exact) mass is 439 g/mol. The lowest BCUT2D eigenvalue weighted by Gasteiger charge is -2.14. The molecule has 2 aromatic carbocycles. The lowest BCUT2D eigenvalue weighted by Crippen LogP contribution is -2.19. The smallest absolute Gasteiger partial charge is 0.295 e. The van der Waals surface area contributed by atoms with Crippen molar-refractivity contribution in [3.8, 4) is 0 Å². The summed E-state index contributed by atoms with van der Waals surface area (Å²) in [6.07, 6.45) is 2.06. The van der Waals surface area contributed by atoms with E-state index in [-0.39, 0.29) is 10.6 Å². The Morgan fingerprint density at radius 2 is 1.79 bits per heavy atom. The van der Waals surface area contributed by atoms with E-state index in [0.717, 1.165) is 29.0 Å². The van der Waals surface area contributed by atoms with Crippen molar-refractivity contribution >= 4 is 50.1 Å². The van der Waals surface area contributed by atoms with E-state index in [9.17, 15) is 13.2 Å². The maximum atomic E-state index is 12.9. The summed E-state index contributed by atoms with van der Waals surface area (Å²) in [4.78, 5) is 13.2. The third-order valence-corrected chi connectivity index (χ3v) is 7.22. The second-order valence-corrected chi connectivity index (χ2v) is 9.76. The van der Waals surface area contributed by atoms with Gasteiger partial charge >= 0.3 is 5.69 Å². The number of aromatic nitrogens is 2. The summed E-state index contributed by atoms with van der Waals surface area (Å²) in [5.74, 6) is 0.856. The summed E-state index contributed by atoms with van der Waals surface area (Å²) >= 11 is 7.52. The number of imidazole rings is 1. The number of fused-ring (bicyclic) bond motifs is 1. The maximum absolute atomic E-state index is 12.9. The molecule has 0 atom stereocenters. The Kier molecular flexibility index (Phi) is 6.12. The van der Waals surface area contributed by atoms with Gasteiger partial charge in [0.2, 0.25) is 0 Å². The Labute approximate surface area is 173 Å². The van der Waals surface area contributed by atoms with E-state index >= 15 is 0 Å². The highest BCUT2D eigenvalue weighted by atomic mass is 35.5. The lowest BCUT2D eigenvalue weighted by molar-refractivity contribution is 0.601. The van der Waals surface area contributed by atoms with Gasteiger partial charge in [0, 0.05) is 24.0 Å². The Morgan fingerprint density at radius 1 is 1.11 bits per heavy atom. The third kappa shape index (κ3) is 4.09. The van der Waals surface area contributed by atoms with Crippen LogP contribution in [0.2, 0.25) is 5.02 Å². The molecule has 3 aromatic rings. The van der Waals surface area contributed by atoms with Gasteiger partial charge in [-0.25, -0.2) is 13.2 Å². The van der Waals surface area contributed by atoms with Crippen LogP contribution in [0.1, 0.15) is 19.8 Å². The second-order valence-electron chi connectivity index (χ2n) is 6.50. The molecule has 0 amide bonds. The van der Waals surface area contributed by atoms with Crippen molar-refractivity contribution in [3.05, 3.63) is 51.9 Å². The molecule has 0 aliphatic carbocycles. The largest absolute Gasteiger partial charge is 0.328 e. The number of sulfonamides is 1. The molecule has 1 aromatic heterocycles. The van der Waals surface area contributed by atoms with E-state index in [0.29, 0.717) is 16.2 Å². The predicted octanol–water partition coefficient (Wildman–Crippen LogP) is 4.22. The zero-order valence-electron chi connectivity index (χ0n) is 15.9. The summed E-state index contributed by atoms with van der Waals surface area (Å²) in [6, 6.07) is 9.70. The van der Waals surface area contributed by atoms with Crippen LogP contribution in [0, 0.1) is 0 Å². The molecule has 150 valence electrons. The number of nitrogens with zero attached hydrogens (tertiary/aromatic N) is 2. The first kappa shape index (κ1) is 20.8. The first-order valence-corrected chi connectivity index (χ1v) is 11.7. The minimum absolute atomic E-state index is 0.0894. The highest BCUT2D eigenvalue weighted by Gasteiger charge is 2.19. The Balaban J connectivity index is 2.10. The van der Waals surface area contributed by atoms with Crippen molar-refractivity contribution in [2.75, 3.05) is 10.5 Å². The predicted molar refractivity (Wildman–Crippen MR) is 116 cm³/mol. The summed E-state index contributed by atoms with van der Waals surface area (Å²) in [5.41, 5.74) is 1.72. The van der Waals surface area contributed by atoms with Crippen molar-refractivity contribution in [1.29, 1.82) is 0 Å². The zero-order valence-corrected chi connectivity index (χ0v) is 18.3. The fraction of sp³-hybridized carbons (Fsp3) is 0.316. The van der Waals surface area contributed by atoms with Gasteiger partial charge in [0.1, 0.15) is 0 Å². The van der Waals surface area contributed by atoms with Gasteiger partial charge in [-0.1, -0.05) is 31.0 Å². The van der Waals surface area contributed by atoms with Gasteiger partial charge in [0.25, 0.3) is 10.0 Å². The molecule has 0 aliphatic heterocycles. The number of rotatable bonds is 7. The molecule has 0 radical (unpaired) electrons. The number of halogens is 1. The number of aryl methyl sites for hydroxylation is 2. The van der Waals surface area contributed by atoms with Crippen molar-refractivity contribution in [2.45, 2.75) is 29.6 Å². The fourth-order valence-electron chi connectivity index (χ4n) is 2.89. The molecule has 9 heteroatoms. The highest BCUT2D eigenvalue weighted by Crippen LogP contribution is 2.33. The van der Waals surface area contributed by atoms with Gasteiger partial charge in [-0.2, -0.15) is 0 Å². The lowest BCUT2D eigenvalue weighted by atomic mass is 10.3. The average Bonchev–Trinajstić information content (AvgIpc) is 2.86. The first-order valence-electron chi connectivity index (χ1n) is 8.85. The van der Waals surface area contributed by atoms with Crippen LogP contribution in [0.25, 0.3) is 11.0 Å². The van der Waals surface area contributed by atoms with Crippen LogP contribution in [-0.2, 0) is 24.1 Å². The SMILES string of the molecule is CCCCSc1cc2c(cc1NS(=O)(=O)c1cccc(Cl)c1)n(C)c(=O)n2C. The van der Waals surface area contributed by atoms with Gasteiger partial charge in [0.15, 0.2) is 0 Å². The van der Waals surface area contributed by atoms with Crippen LogP contribution < -0.4 is 10.4 Å². The van der Waals surface area contributed by atoms with Gasteiger partial charge < -0.3 is 0 Å². The van der Waals surface area contributed by atoms with E-state index in [4.69, 9.17) is 11.6 Å². The van der Waals surface area contributed by atoms with Crippen molar-refractivity contribution < 1.29 is 8.42 Å². The molecule has 0 spiro atoms. The highest BCUT2D eigenvalue weighted by molar-refractivity contribution is 7.99. The first-order chi connectivity index (χ1) is 13.2. The molecule has 3 rings (SSSR count). The van der Waals surface area contributed by atoms with Crippen molar-refractivity contribution in [2.24, 2.45) is 14.1 Å². The summed E-state index contributed by atoms with van der Waals surface area (Å²) in [6.45, 7) is 2.10. The normalized spacial score (nSPS) is 11.9. The number of anilines is 1. The molecular formula is C19H22ClN3O3S2. The number of thioether (sulfide) groups is 1. The van der Waals surface area contributed by atoms with Crippen molar-refractivity contribution in [3.63, 3.8) is 0 Å². The zero-order chi connectivity index (χ0) is 20.5. The van der Waals surface area contributed by atoms with Gasteiger partial charge in [-0.3, -0.25) is 13.9 Å². The molecule has 0 fully saturated rings. The van der Waals surface area contributed by atoms with Crippen LogP contribution in [0.3, 0.4) is 0 Å². The van der Waals surface area contributed by atoms with Crippen LogP contribution in [0.5, 0.6) is 0 Å². The number of hydrogen-bond acceptors (Lipinski definition) is 4. The minimum atomic E-state index is -3.82. The fourth-order valence-corrected chi connectivity index (χ4v) is 5.44. The second kappa shape index (κ2) is 8.23. The quantitative estimate of drug-likeness (QED) is 0.441. The molecule has 0 unspecified atom stereocenters. The Morgan fingerprint density at radius 3 is 2.43 bits per heavy atom. The number of unbranched alkanes of at least 4 members (excludes halogenated alkanes) is 1. The van der Waals surface area contributed by atoms with E-state index in [1.165, 1.54) is 16.7 Å². The van der Waals surface area contributed by atoms with E-state index in [2.05, 4.69) is 11.6 Å². The molecule has 6 nitrogen and oxygen atoms in total. The molecule has 1 heterocycles. The van der Waals surface area contributed by atoms with E-state index in [1.54, 1.807) is 48.6 Å². The minimum Gasteiger partial charge on any atom is -0.295 e. The summed E-state index contributed by atoms with van der Waals surface area (Å²) < 4.78 is 31.5. The average molecular weight is 440 g/mol. The number of nitrogens with one attached hydrogen (secondary N) is 1. The summed E-state index contributed by atoms with van der Waals surface area (Å²) in [5, 5.41) is 0.348. The molecule has 1 N–H and O–H groups in total. The summed E-state index contributed by atoms with van der Waals surface area (Å²) in [7, 11) is -0.436. The standard InChI is InChI=1S/C19H22ClN3O3S2/c1-4-5-9-27-18-12-17-16(22(2)19(24)23(17)3)11-15(18)21-28(25,26)14-8-6-7-13(20)10-14/h6-8,10-12,21H,4-5,9H2,1-3H3. The van der Waals surface area contributed by atoms with Gasteiger partial charge in [-0.05, 0) is 42.5 Å². The topological polar surface area (TPSA) is 73.1 Å². The Bertz CT molecular complexity index is 1180. The van der Waals surface area contributed by atoms with Gasteiger partial charge in [-0.15, -0.1) is 11.8 Å². The van der Waals surface area contributed by atoms with E-state index in [1.807, 2.05) is 6.07 Å². The number of benzene rings is 2. The Hall–Kier alpha value is -1.90. The molecule has 0 saturated heterocycles. The van der Waals surface area contributed by atoms with Crippen LogP contribution in [-0.4, -0.2) is 23.3 Å². The van der Waals surface area contributed by atoms with Crippen LogP contribution in [0.15, 0.2) is 51.0 Å². The molecule has 0 aliphatic rings. The van der Waals surface area contributed by atoms with Crippen molar-refractivity contribution in [1.82, 2.24) is 9.13 Å². The van der Waals surface area contributed by atoms with Crippen LogP contribution >= 0.6 is 23.4 Å². The third-order valence-electron chi connectivity index (χ3n) is 4.48. The van der Waals surface area contributed by atoms with E-state index < -0.39 is 10.0 Å². The molecule has 0 saturated carbocycles. The number of hydrogen-bond donors (Lipinski definition) is 1.